The molecule has 1 aliphatic rings. The first-order chi connectivity index (χ1) is 10.7. The van der Waals surface area contributed by atoms with Crippen LogP contribution in [0.2, 0.25) is 0 Å². The molecule has 1 heterocycles. The van der Waals surface area contributed by atoms with Gasteiger partial charge in [0.2, 0.25) is 0 Å². The summed E-state index contributed by atoms with van der Waals surface area (Å²) in [5.74, 6) is 0.881. The van der Waals surface area contributed by atoms with Crippen molar-refractivity contribution >= 4 is 11.7 Å². The molecule has 0 saturated heterocycles. The number of nitrogens with one attached hydrogen (secondary N) is 1. The number of benzene rings is 1. The molecule has 0 bridgehead atoms. The number of methoxy groups -OCH3 is 1. The highest BCUT2D eigenvalue weighted by molar-refractivity contribution is 6.04. The Morgan fingerprint density at radius 3 is 2.68 bits per heavy atom. The number of hydrogen-bond donors (Lipinski definition) is 1. The summed E-state index contributed by atoms with van der Waals surface area (Å²) in [7, 11) is 1.57. The normalized spacial score (nSPS) is 13.4. The van der Waals surface area contributed by atoms with E-state index >= 15 is 0 Å². The fourth-order valence-corrected chi connectivity index (χ4v) is 2.85. The first-order valence-electron chi connectivity index (χ1n) is 7.62. The number of carbonyl (C=O) groups is 1. The van der Waals surface area contributed by atoms with Gasteiger partial charge >= 0.3 is 0 Å². The van der Waals surface area contributed by atoms with Gasteiger partial charge in [0.05, 0.1) is 7.11 Å². The van der Waals surface area contributed by atoms with Gasteiger partial charge in [-0.1, -0.05) is 6.07 Å². The highest BCUT2D eigenvalue weighted by atomic mass is 16.5. The zero-order valence-electron chi connectivity index (χ0n) is 13.0. The van der Waals surface area contributed by atoms with Crippen LogP contribution in [0.1, 0.15) is 40.0 Å². The van der Waals surface area contributed by atoms with Crippen LogP contribution in [0.5, 0.6) is 5.75 Å². The molecule has 0 saturated carbocycles. The van der Waals surface area contributed by atoms with Crippen LogP contribution in [0.15, 0.2) is 30.3 Å². The molecule has 1 aromatic heterocycles. The summed E-state index contributed by atoms with van der Waals surface area (Å²) in [6.45, 7) is 1.88. The number of aryl methyl sites for hydroxylation is 3. The van der Waals surface area contributed by atoms with Gasteiger partial charge in [0.25, 0.3) is 5.91 Å². The molecular weight excluding hydrogens is 276 g/mol. The molecule has 0 unspecified atom stereocenters. The third-order valence-corrected chi connectivity index (χ3v) is 4.06. The summed E-state index contributed by atoms with van der Waals surface area (Å²) >= 11 is 0. The van der Waals surface area contributed by atoms with Crippen molar-refractivity contribution in [2.75, 3.05) is 12.4 Å². The van der Waals surface area contributed by atoms with E-state index in [1.165, 1.54) is 24.0 Å². The molecule has 3 rings (SSSR count). The number of carbonyl (C=O) groups excluding carboxylic acids is 1. The van der Waals surface area contributed by atoms with Crippen molar-refractivity contribution < 1.29 is 9.53 Å². The maximum absolute atomic E-state index is 12.5. The molecular formula is C18H20N2O2. The fraction of sp³-hybridized carbons (Fsp3) is 0.333. The van der Waals surface area contributed by atoms with E-state index in [1.807, 2.05) is 31.2 Å². The summed E-state index contributed by atoms with van der Waals surface area (Å²) in [6, 6.07) is 9.64. The predicted octanol–water partition coefficient (Wildman–Crippen LogP) is 3.53. The lowest BCUT2D eigenvalue weighted by atomic mass is 9.90. The van der Waals surface area contributed by atoms with Gasteiger partial charge in [-0.3, -0.25) is 4.79 Å². The molecule has 0 atom stereocenters. The van der Waals surface area contributed by atoms with Crippen molar-refractivity contribution in [1.82, 2.24) is 4.98 Å². The molecule has 4 heteroatoms. The number of rotatable bonds is 3. The van der Waals surface area contributed by atoms with Crippen molar-refractivity contribution in [2.24, 2.45) is 0 Å². The van der Waals surface area contributed by atoms with Gasteiger partial charge < -0.3 is 10.1 Å². The minimum Gasteiger partial charge on any atom is -0.493 e. The van der Waals surface area contributed by atoms with Gasteiger partial charge in [0.1, 0.15) is 0 Å². The summed E-state index contributed by atoms with van der Waals surface area (Å²) in [6.07, 6.45) is 4.61. The van der Waals surface area contributed by atoms with E-state index in [2.05, 4.69) is 16.4 Å². The van der Waals surface area contributed by atoms with Crippen LogP contribution in [-0.4, -0.2) is 18.0 Å². The molecule has 1 aromatic carbocycles. The second-order valence-electron chi connectivity index (χ2n) is 5.65. The maximum atomic E-state index is 12.5. The minimum absolute atomic E-state index is 0.148. The second-order valence-corrected chi connectivity index (χ2v) is 5.65. The van der Waals surface area contributed by atoms with Gasteiger partial charge in [-0.05, 0) is 68.0 Å². The Kier molecular flexibility index (Phi) is 4.09. The molecule has 114 valence electrons. The smallest absolute Gasteiger partial charge is 0.256 e. The molecule has 1 amide bonds. The molecule has 0 radical (unpaired) electrons. The zero-order valence-corrected chi connectivity index (χ0v) is 13.0. The monoisotopic (exact) mass is 296 g/mol. The number of nitrogens with zero attached hydrogens (tertiary/aromatic N) is 1. The Hall–Kier alpha value is -2.36. The lowest BCUT2D eigenvalue weighted by Crippen LogP contribution is -2.15. The van der Waals surface area contributed by atoms with Gasteiger partial charge in [-0.25, -0.2) is 4.98 Å². The number of amides is 1. The average molecular weight is 296 g/mol. The van der Waals surface area contributed by atoms with Crippen LogP contribution < -0.4 is 10.1 Å². The highest BCUT2D eigenvalue weighted by Gasteiger charge is 2.15. The van der Waals surface area contributed by atoms with Crippen molar-refractivity contribution in [3.63, 3.8) is 0 Å². The van der Waals surface area contributed by atoms with Crippen LogP contribution in [-0.2, 0) is 12.8 Å². The van der Waals surface area contributed by atoms with Crippen LogP contribution in [0.25, 0.3) is 0 Å². The minimum atomic E-state index is -0.148. The Balaban J connectivity index is 1.84. The quantitative estimate of drug-likeness (QED) is 0.942. The summed E-state index contributed by atoms with van der Waals surface area (Å²) in [5.41, 5.74) is 4.17. The van der Waals surface area contributed by atoms with E-state index in [4.69, 9.17) is 4.74 Å². The van der Waals surface area contributed by atoms with Gasteiger partial charge in [-0.15, -0.1) is 0 Å². The van der Waals surface area contributed by atoms with E-state index in [0.29, 0.717) is 17.1 Å². The zero-order chi connectivity index (χ0) is 15.5. The standard InChI is InChI=1S/C18H20N2O2/c1-12-7-10-16(22-2)17(19-12)20-18(21)15-9-8-13-5-3-4-6-14(13)11-15/h7-11H,3-6H2,1-2H3,(H,19,20,21). The molecule has 0 aliphatic heterocycles. The number of anilines is 1. The Bertz CT molecular complexity index is 710. The van der Waals surface area contributed by atoms with Gasteiger partial charge in [0, 0.05) is 11.3 Å². The van der Waals surface area contributed by atoms with Crippen molar-refractivity contribution in [1.29, 1.82) is 0 Å². The maximum Gasteiger partial charge on any atom is 0.256 e. The van der Waals surface area contributed by atoms with Crippen molar-refractivity contribution in [2.45, 2.75) is 32.6 Å². The van der Waals surface area contributed by atoms with Gasteiger partial charge in [-0.2, -0.15) is 0 Å². The topological polar surface area (TPSA) is 51.2 Å². The number of fused-ring (bicyclic) bond motifs is 1. The number of aromatic nitrogens is 1. The molecule has 0 spiro atoms. The third-order valence-electron chi connectivity index (χ3n) is 4.06. The van der Waals surface area contributed by atoms with E-state index in [1.54, 1.807) is 7.11 Å². The molecule has 2 aromatic rings. The summed E-state index contributed by atoms with van der Waals surface area (Å²) in [5, 5.41) is 2.85. The van der Waals surface area contributed by atoms with Crippen LogP contribution in [0.4, 0.5) is 5.82 Å². The average Bonchev–Trinajstić information content (AvgIpc) is 2.54. The molecule has 22 heavy (non-hydrogen) atoms. The van der Waals surface area contributed by atoms with Gasteiger partial charge in [0.15, 0.2) is 11.6 Å². The first kappa shape index (κ1) is 14.6. The number of hydrogen-bond acceptors (Lipinski definition) is 3. The molecule has 0 fully saturated rings. The van der Waals surface area contributed by atoms with Crippen LogP contribution >= 0.6 is 0 Å². The predicted molar refractivity (Wildman–Crippen MR) is 86.6 cm³/mol. The largest absolute Gasteiger partial charge is 0.493 e. The lowest BCUT2D eigenvalue weighted by Gasteiger charge is -2.16. The van der Waals surface area contributed by atoms with E-state index in [-0.39, 0.29) is 5.91 Å². The van der Waals surface area contributed by atoms with E-state index < -0.39 is 0 Å². The van der Waals surface area contributed by atoms with Crippen molar-refractivity contribution in [3.05, 3.63) is 52.7 Å². The van der Waals surface area contributed by atoms with Crippen LogP contribution in [0, 0.1) is 6.92 Å². The summed E-state index contributed by atoms with van der Waals surface area (Å²) in [4.78, 5) is 16.8. The SMILES string of the molecule is COc1ccc(C)nc1NC(=O)c1ccc2c(c1)CCCC2. The Morgan fingerprint density at radius 1 is 1.14 bits per heavy atom. The fourth-order valence-electron chi connectivity index (χ4n) is 2.85. The molecule has 1 N–H and O–H groups in total. The summed E-state index contributed by atoms with van der Waals surface area (Å²) < 4.78 is 5.25. The molecule has 1 aliphatic carbocycles. The second kappa shape index (κ2) is 6.18. The molecule has 4 nitrogen and oxygen atoms in total. The van der Waals surface area contributed by atoms with Crippen LogP contribution in [0.3, 0.4) is 0 Å². The lowest BCUT2D eigenvalue weighted by molar-refractivity contribution is 0.102. The third kappa shape index (κ3) is 2.96. The van der Waals surface area contributed by atoms with Crippen molar-refractivity contribution in [3.8, 4) is 5.75 Å². The number of pyridine rings is 1. The highest BCUT2D eigenvalue weighted by Crippen LogP contribution is 2.25. The van der Waals surface area contributed by atoms with E-state index in [0.717, 1.165) is 18.5 Å². The van der Waals surface area contributed by atoms with E-state index in [9.17, 15) is 4.79 Å². The Morgan fingerprint density at radius 2 is 1.91 bits per heavy atom. The number of ether oxygens (including phenoxy) is 1. The first-order valence-corrected chi connectivity index (χ1v) is 7.62. The Labute approximate surface area is 130 Å².